The number of carbonyl (C=O) groups is 2. The Balaban J connectivity index is 1.56. The number of anilines is 2. The van der Waals surface area contributed by atoms with Crippen LogP contribution in [0.15, 0.2) is 41.1 Å². The van der Waals surface area contributed by atoms with Crippen LogP contribution in [-0.4, -0.2) is 56.1 Å². The lowest BCUT2D eigenvalue weighted by molar-refractivity contribution is -0.116. The van der Waals surface area contributed by atoms with Gasteiger partial charge in [-0.1, -0.05) is 0 Å². The summed E-state index contributed by atoms with van der Waals surface area (Å²) in [5.74, 6) is -0.318. The van der Waals surface area contributed by atoms with Gasteiger partial charge in [-0.05, 0) is 42.6 Å². The van der Waals surface area contributed by atoms with Gasteiger partial charge >= 0.3 is 0 Å². The third-order valence-corrected chi connectivity index (χ3v) is 4.98. The highest BCUT2D eigenvalue weighted by atomic mass is 32.1. The minimum atomic E-state index is -0.199. The van der Waals surface area contributed by atoms with E-state index in [0.29, 0.717) is 12.1 Å². The molecule has 3 rings (SSSR count). The van der Waals surface area contributed by atoms with E-state index in [1.54, 1.807) is 16.3 Å². The largest absolute Gasteiger partial charge is 0.378 e. The molecule has 0 saturated carbocycles. The van der Waals surface area contributed by atoms with Crippen molar-refractivity contribution in [2.45, 2.75) is 6.92 Å². The quantitative estimate of drug-likeness (QED) is 0.846. The first kappa shape index (κ1) is 18.4. The van der Waals surface area contributed by atoms with Gasteiger partial charge in [0.2, 0.25) is 5.91 Å². The van der Waals surface area contributed by atoms with E-state index >= 15 is 0 Å². The number of ether oxygens (including phenoxy) is 1. The minimum Gasteiger partial charge on any atom is -0.378 e. The molecule has 138 valence electrons. The zero-order valence-electron chi connectivity index (χ0n) is 14.8. The molecule has 2 aromatic rings. The maximum absolute atomic E-state index is 12.4. The lowest BCUT2D eigenvalue weighted by atomic mass is 10.2. The Labute approximate surface area is 157 Å². The van der Waals surface area contributed by atoms with Crippen LogP contribution >= 0.6 is 11.3 Å². The van der Waals surface area contributed by atoms with Crippen LogP contribution in [-0.2, 0) is 9.53 Å². The SMILES string of the molecule is CCN(CC(=O)Nc1ccc(N2CCOCC2)cc1)C(=O)c1ccsc1. The van der Waals surface area contributed by atoms with Crippen molar-refractivity contribution in [1.29, 1.82) is 0 Å². The molecule has 1 aliphatic rings. The van der Waals surface area contributed by atoms with E-state index in [0.717, 1.165) is 37.7 Å². The van der Waals surface area contributed by atoms with Crippen LogP contribution < -0.4 is 10.2 Å². The molecule has 0 bridgehead atoms. The first-order chi connectivity index (χ1) is 12.7. The summed E-state index contributed by atoms with van der Waals surface area (Å²) in [6, 6.07) is 9.54. The van der Waals surface area contributed by atoms with E-state index in [4.69, 9.17) is 4.74 Å². The number of rotatable bonds is 6. The van der Waals surface area contributed by atoms with Gasteiger partial charge in [-0.15, -0.1) is 0 Å². The van der Waals surface area contributed by atoms with Gasteiger partial charge in [0.25, 0.3) is 5.91 Å². The third kappa shape index (κ3) is 4.62. The van der Waals surface area contributed by atoms with Gasteiger partial charge in [0, 0.05) is 36.4 Å². The number of hydrogen-bond donors (Lipinski definition) is 1. The van der Waals surface area contributed by atoms with Gasteiger partial charge in [-0.3, -0.25) is 9.59 Å². The summed E-state index contributed by atoms with van der Waals surface area (Å²) >= 11 is 1.47. The van der Waals surface area contributed by atoms with E-state index in [1.165, 1.54) is 11.3 Å². The lowest BCUT2D eigenvalue weighted by Crippen LogP contribution is -2.37. The molecule has 6 nitrogen and oxygen atoms in total. The van der Waals surface area contributed by atoms with Crippen LogP contribution in [0.4, 0.5) is 11.4 Å². The Bertz CT molecular complexity index is 725. The molecule has 26 heavy (non-hydrogen) atoms. The van der Waals surface area contributed by atoms with E-state index in [1.807, 2.05) is 36.6 Å². The summed E-state index contributed by atoms with van der Waals surface area (Å²) in [5, 5.41) is 6.52. The molecule has 0 aliphatic carbocycles. The Hall–Kier alpha value is -2.38. The highest BCUT2D eigenvalue weighted by Crippen LogP contribution is 2.19. The molecular weight excluding hydrogens is 350 g/mol. The lowest BCUT2D eigenvalue weighted by Gasteiger charge is -2.29. The number of hydrogen-bond acceptors (Lipinski definition) is 5. The molecular formula is C19H23N3O3S. The monoisotopic (exact) mass is 373 g/mol. The second-order valence-corrected chi connectivity index (χ2v) is 6.81. The van der Waals surface area contributed by atoms with Crippen molar-refractivity contribution in [1.82, 2.24) is 4.90 Å². The Morgan fingerprint density at radius 3 is 2.54 bits per heavy atom. The molecule has 1 aliphatic heterocycles. The Morgan fingerprint density at radius 1 is 1.19 bits per heavy atom. The van der Waals surface area contributed by atoms with Gasteiger partial charge in [0.15, 0.2) is 0 Å². The number of morpholine rings is 1. The molecule has 0 unspecified atom stereocenters. The van der Waals surface area contributed by atoms with Gasteiger partial charge in [-0.2, -0.15) is 11.3 Å². The van der Waals surface area contributed by atoms with Crippen LogP contribution in [0.25, 0.3) is 0 Å². The van der Waals surface area contributed by atoms with Gasteiger partial charge in [0.1, 0.15) is 6.54 Å². The molecule has 2 amide bonds. The van der Waals surface area contributed by atoms with Crippen LogP contribution in [0.1, 0.15) is 17.3 Å². The van der Waals surface area contributed by atoms with E-state index < -0.39 is 0 Å². The number of benzene rings is 1. The van der Waals surface area contributed by atoms with Crippen LogP contribution in [0, 0.1) is 0 Å². The predicted octanol–water partition coefficient (Wildman–Crippen LogP) is 2.69. The second kappa shape index (κ2) is 8.82. The maximum atomic E-state index is 12.4. The summed E-state index contributed by atoms with van der Waals surface area (Å²) in [6.45, 7) is 5.62. The number of nitrogens with zero attached hydrogens (tertiary/aromatic N) is 2. The minimum absolute atomic E-state index is 0.0381. The molecule has 1 aromatic heterocycles. The van der Waals surface area contributed by atoms with E-state index in [-0.39, 0.29) is 18.4 Å². The van der Waals surface area contributed by atoms with Crippen LogP contribution in [0.2, 0.25) is 0 Å². The zero-order valence-corrected chi connectivity index (χ0v) is 15.6. The van der Waals surface area contributed by atoms with Crippen molar-refractivity contribution in [3.05, 3.63) is 46.7 Å². The molecule has 1 fully saturated rings. The molecule has 0 atom stereocenters. The predicted molar refractivity (Wildman–Crippen MR) is 104 cm³/mol. The average Bonchev–Trinajstić information content (AvgIpc) is 3.22. The molecule has 7 heteroatoms. The number of thiophene rings is 1. The number of carbonyl (C=O) groups excluding carboxylic acids is 2. The smallest absolute Gasteiger partial charge is 0.255 e. The van der Waals surface area contributed by atoms with Gasteiger partial charge < -0.3 is 19.9 Å². The maximum Gasteiger partial charge on any atom is 0.255 e. The fourth-order valence-corrected chi connectivity index (χ4v) is 3.48. The summed E-state index contributed by atoms with van der Waals surface area (Å²) in [6.07, 6.45) is 0. The fourth-order valence-electron chi connectivity index (χ4n) is 2.85. The van der Waals surface area contributed by atoms with Gasteiger partial charge in [-0.25, -0.2) is 0 Å². The van der Waals surface area contributed by atoms with Crippen LogP contribution in [0.5, 0.6) is 0 Å². The molecule has 1 aromatic carbocycles. The van der Waals surface area contributed by atoms with Gasteiger partial charge in [0.05, 0.1) is 18.8 Å². The van der Waals surface area contributed by atoms with Crippen molar-refractivity contribution in [2.75, 3.05) is 49.6 Å². The first-order valence-corrected chi connectivity index (χ1v) is 9.65. The molecule has 1 N–H and O–H groups in total. The summed E-state index contributed by atoms with van der Waals surface area (Å²) < 4.78 is 5.36. The zero-order chi connectivity index (χ0) is 18.4. The van der Waals surface area contributed by atoms with Crippen molar-refractivity contribution in [3.8, 4) is 0 Å². The second-order valence-electron chi connectivity index (χ2n) is 6.03. The van der Waals surface area contributed by atoms with Crippen LogP contribution in [0.3, 0.4) is 0 Å². The Kier molecular flexibility index (Phi) is 6.25. The van der Waals surface area contributed by atoms with Crippen molar-refractivity contribution >= 4 is 34.5 Å². The topological polar surface area (TPSA) is 61.9 Å². The standard InChI is InChI=1S/C19H23N3O3S/c1-2-21(19(24)15-7-12-26-14-15)13-18(23)20-16-3-5-17(6-4-16)22-8-10-25-11-9-22/h3-7,12,14H,2,8-11,13H2,1H3,(H,20,23). The molecule has 2 heterocycles. The van der Waals surface area contributed by atoms with E-state index in [9.17, 15) is 9.59 Å². The van der Waals surface area contributed by atoms with Crippen molar-refractivity contribution in [3.63, 3.8) is 0 Å². The highest BCUT2D eigenvalue weighted by Gasteiger charge is 2.18. The van der Waals surface area contributed by atoms with Crippen molar-refractivity contribution in [2.24, 2.45) is 0 Å². The molecule has 1 saturated heterocycles. The average molecular weight is 373 g/mol. The highest BCUT2D eigenvalue weighted by molar-refractivity contribution is 7.08. The van der Waals surface area contributed by atoms with Crippen molar-refractivity contribution < 1.29 is 14.3 Å². The fraction of sp³-hybridized carbons (Fsp3) is 0.368. The summed E-state index contributed by atoms with van der Waals surface area (Å²) in [5.41, 5.74) is 2.47. The normalized spacial score (nSPS) is 14.1. The van der Waals surface area contributed by atoms with E-state index in [2.05, 4.69) is 10.2 Å². The molecule has 0 spiro atoms. The summed E-state index contributed by atoms with van der Waals surface area (Å²) in [4.78, 5) is 28.5. The number of amides is 2. The summed E-state index contributed by atoms with van der Waals surface area (Å²) in [7, 11) is 0. The molecule has 0 radical (unpaired) electrons. The number of nitrogens with one attached hydrogen (secondary N) is 1. The first-order valence-electron chi connectivity index (χ1n) is 8.71. The third-order valence-electron chi connectivity index (χ3n) is 4.30. The number of likely N-dealkylation sites (N-methyl/N-ethyl adjacent to an activating group) is 1. The Morgan fingerprint density at radius 2 is 1.92 bits per heavy atom.